The number of rotatable bonds is 8. The molecule has 7 nitrogen and oxygen atoms in total. The first-order valence-corrected chi connectivity index (χ1v) is 11.4. The molecule has 0 fully saturated rings. The van der Waals surface area contributed by atoms with Crippen LogP contribution in [-0.4, -0.2) is 32.9 Å². The van der Waals surface area contributed by atoms with E-state index in [4.69, 9.17) is 4.74 Å². The maximum absolute atomic E-state index is 13.0. The summed E-state index contributed by atoms with van der Waals surface area (Å²) in [5.74, 6) is 1.25. The lowest BCUT2D eigenvalue weighted by Crippen LogP contribution is -2.36. The van der Waals surface area contributed by atoms with Crippen molar-refractivity contribution >= 4 is 5.91 Å². The maximum atomic E-state index is 13.0. The number of fused-ring (bicyclic) bond motifs is 1. The highest BCUT2D eigenvalue weighted by Crippen LogP contribution is 2.20. The minimum absolute atomic E-state index is 0.0133. The molecule has 0 saturated carbocycles. The minimum Gasteiger partial charge on any atom is -0.492 e. The van der Waals surface area contributed by atoms with Crippen molar-refractivity contribution in [1.29, 1.82) is 0 Å². The smallest absolute Gasteiger partial charge is 0.345 e. The lowest BCUT2D eigenvalue weighted by Gasteiger charge is -2.18. The number of benzene rings is 2. The molecule has 3 aromatic rings. The second kappa shape index (κ2) is 10.3. The molecule has 7 heteroatoms. The number of aryl methyl sites for hydroxylation is 2. The van der Waals surface area contributed by atoms with Gasteiger partial charge in [0, 0.05) is 32.0 Å². The van der Waals surface area contributed by atoms with Gasteiger partial charge < -0.3 is 10.1 Å². The van der Waals surface area contributed by atoms with E-state index in [0.717, 1.165) is 25.1 Å². The van der Waals surface area contributed by atoms with E-state index in [9.17, 15) is 9.59 Å². The highest BCUT2D eigenvalue weighted by molar-refractivity contribution is 5.97. The standard InChI is InChI=1S/C25H30N4O3/c1-2-16-29-25(31)28-17-14-20(12-13-23(28)27-29)26-24(30)21-10-6-7-11-22(21)32-18-15-19-8-4-3-5-9-19/h3-11,20H,2,12-18H2,1H3,(H,26,30). The number of ether oxygens (including phenoxy) is 1. The second-order valence-electron chi connectivity index (χ2n) is 8.15. The molecule has 0 radical (unpaired) electrons. The number of hydrogen-bond donors (Lipinski definition) is 1. The largest absolute Gasteiger partial charge is 0.492 e. The number of nitrogens with zero attached hydrogens (tertiary/aromatic N) is 3. The van der Waals surface area contributed by atoms with E-state index in [-0.39, 0.29) is 17.6 Å². The summed E-state index contributed by atoms with van der Waals surface area (Å²) >= 11 is 0. The van der Waals surface area contributed by atoms with Gasteiger partial charge >= 0.3 is 5.69 Å². The van der Waals surface area contributed by atoms with Crippen molar-refractivity contribution in [3.05, 3.63) is 82.0 Å². The van der Waals surface area contributed by atoms with Gasteiger partial charge in [-0.3, -0.25) is 9.36 Å². The van der Waals surface area contributed by atoms with Crippen molar-refractivity contribution in [2.75, 3.05) is 6.61 Å². The molecular weight excluding hydrogens is 404 g/mol. The molecule has 1 unspecified atom stereocenters. The number of hydrogen-bond acceptors (Lipinski definition) is 4. The molecule has 4 rings (SSSR count). The quantitative estimate of drug-likeness (QED) is 0.591. The van der Waals surface area contributed by atoms with Gasteiger partial charge in [-0.1, -0.05) is 49.4 Å². The van der Waals surface area contributed by atoms with Crippen molar-refractivity contribution in [2.45, 2.75) is 58.2 Å². The van der Waals surface area contributed by atoms with Gasteiger partial charge in [0.25, 0.3) is 5.91 Å². The maximum Gasteiger partial charge on any atom is 0.345 e. The molecule has 1 amide bonds. The van der Waals surface area contributed by atoms with Crippen LogP contribution in [0.25, 0.3) is 0 Å². The molecule has 1 atom stereocenters. The van der Waals surface area contributed by atoms with Gasteiger partial charge in [0.1, 0.15) is 11.6 Å². The molecule has 2 heterocycles. The van der Waals surface area contributed by atoms with Crippen LogP contribution in [0.1, 0.15) is 47.9 Å². The van der Waals surface area contributed by atoms with Crippen LogP contribution in [0.4, 0.5) is 0 Å². The topological polar surface area (TPSA) is 78.2 Å². The summed E-state index contributed by atoms with van der Waals surface area (Å²) < 4.78 is 9.25. The Morgan fingerprint density at radius 2 is 1.91 bits per heavy atom. The Morgan fingerprint density at radius 3 is 2.72 bits per heavy atom. The average Bonchev–Trinajstić information content (AvgIpc) is 2.97. The Morgan fingerprint density at radius 1 is 1.12 bits per heavy atom. The van der Waals surface area contributed by atoms with Crippen LogP contribution in [0.5, 0.6) is 5.75 Å². The Hall–Kier alpha value is -3.35. The molecule has 1 aliphatic heterocycles. The predicted octanol–water partition coefficient (Wildman–Crippen LogP) is 3.21. The fraction of sp³-hybridized carbons (Fsp3) is 0.400. The van der Waals surface area contributed by atoms with E-state index in [1.54, 1.807) is 15.3 Å². The van der Waals surface area contributed by atoms with Crippen molar-refractivity contribution in [3.8, 4) is 5.75 Å². The SMILES string of the molecule is CCCn1nc2n(c1=O)CCC(NC(=O)c1ccccc1OCCc1ccccc1)CC2. The lowest BCUT2D eigenvalue weighted by atomic mass is 10.1. The zero-order chi connectivity index (χ0) is 22.3. The number of carbonyl (C=O) groups is 1. The average molecular weight is 435 g/mol. The van der Waals surface area contributed by atoms with Crippen LogP contribution in [0, 0.1) is 0 Å². The number of carbonyl (C=O) groups excluding carboxylic acids is 1. The van der Waals surface area contributed by atoms with Gasteiger partial charge in [-0.25, -0.2) is 9.48 Å². The number of nitrogens with one attached hydrogen (secondary N) is 1. The molecule has 168 valence electrons. The molecule has 32 heavy (non-hydrogen) atoms. The van der Waals surface area contributed by atoms with Crippen molar-refractivity contribution in [2.24, 2.45) is 0 Å². The van der Waals surface area contributed by atoms with Gasteiger partial charge in [-0.15, -0.1) is 0 Å². The van der Waals surface area contributed by atoms with Gasteiger partial charge in [0.2, 0.25) is 0 Å². The van der Waals surface area contributed by atoms with E-state index in [2.05, 4.69) is 22.5 Å². The first kappa shape index (κ1) is 21.9. The van der Waals surface area contributed by atoms with Crippen molar-refractivity contribution < 1.29 is 9.53 Å². The van der Waals surface area contributed by atoms with Gasteiger partial charge in [0.05, 0.1) is 12.2 Å². The summed E-state index contributed by atoms with van der Waals surface area (Å²) in [5, 5.41) is 7.62. The van der Waals surface area contributed by atoms with Crippen LogP contribution in [0.2, 0.25) is 0 Å². The third-order valence-electron chi connectivity index (χ3n) is 5.81. The van der Waals surface area contributed by atoms with Crippen molar-refractivity contribution in [1.82, 2.24) is 19.7 Å². The Balaban J connectivity index is 1.36. The minimum atomic E-state index is -0.145. The third kappa shape index (κ3) is 5.10. The molecule has 0 bridgehead atoms. The zero-order valence-electron chi connectivity index (χ0n) is 18.5. The first-order valence-electron chi connectivity index (χ1n) is 11.4. The third-order valence-corrected chi connectivity index (χ3v) is 5.81. The van der Waals surface area contributed by atoms with Crippen LogP contribution < -0.4 is 15.7 Å². The Labute approximate surface area is 188 Å². The number of para-hydroxylation sites is 1. The Bertz CT molecular complexity index is 1100. The van der Waals surface area contributed by atoms with E-state index in [1.165, 1.54) is 5.56 Å². The van der Waals surface area contributed by atoms with E-state index >= 15 is 0 Å². The van der Waals surface area contributed by atoms with Crippen LogP contribution in [0.3, 0.4) is 0 Å². The highest BCUT2D eigenvalue weighted by Gasteiger charge is 2.23. The molecule has 1 aromatic heterocycles. The van der Waals surface area contributed by atoms with Crippen LogP contribution in [0.15, 0.2) is 59.4 Å². The number of amides is 1. The summed E-state index contributed by atoms with van der Waals surface area (Å²) in [5.41, 5.74) is 1.68. The highest BCUT2D eigenvalue weighted by atomic mass is 16.5. The van der Waals surface area contributed by atoms with Crippen molar-refractivity contribution in [3.63, 3.8) is 0 Å². The van der Waals surface area contributed by atoms with Crippen LogP contribution in [-0.2, 0) is 25.9 Å². The molecule has 0 spiro atoms. The zero-order valence-corrected chi connectivity index (χ0v) is 18.5. The van der Waals surface area contributed by atoms with Crippen LogP contribution >= 0.6 is 0 Å². The van der Waals surface area contributed by atoms with Gasteiger partial charge in [0.15, 0.2) is 0 Å². The summed E-state index contributed by atoms with van der Waals surface area (Å²) in [7, 11) is 0. The molecule has 0 aliphatic carbocycles. The normalized spacial score (nSPS) is 15.6. The number of aromatic nitrogens is 3. The molecule has 2 aromatic carbocycles. The van der Waals surface area contributed by atoms with E-state index in [0.29, 0.717) is 43.9 Å². The van der Waals surface area contributed by atoms with E-state index < -0.39 is 0 Å². The molecule has 1 aliphatic rings. The molecule has 1 N–H and O–H groups in total. The lowest BCUT2D eigenvalue weighted by molar-refractivity contribution is 0.0929. The summed E-state index contributed by atoms with van der Waals surface area (Å²) in [6.07, 6.45) is 3.79. The predicted molar refractivity (Wildman–Crippen MR) is 123 cm³/mol. The van der Waals surface area contributed by atoms with Gasteiger partial charge in [-0.05, 0) is 37.0 Å². The second-order valence-corrected chi connectivity index (χ2v) is 8.15. The first-order chi connectivity index (χ1) is 15.7. The molecule has 0 saturated heterocycles. The Kier molecular flexibility index (Phi) is 7.04. The van der Waals surface area contributed by atoms with E-state index in [1.807, 2.05) is 43.3 Å². The molecular formula is C25H30N4O3. The monoisotopic (exact) mass is 434 g/mol. The summed E-state index contributed by atoms with van der Waals surface area (Å²) in [6, 6.07) is 17.5. The summed E-state index contributed by atoms with van der Waals surface area (Å²) in [6.45, 7) is 3.74. The summed E-state index contributed by atoms with van der Waals surface area (Å²) in [4.78, 5) is 25.5. The van der Waals surface area contributed by atoms with Gasteiger partial charge in [-0.2, -0.15) is 5.10 Å². The fourth-order valence-electron chi connectivity index (χ4n) is 4.10. The fourth-order valence-corrected chi connectivity index (χ4v) is 4.10.